The first-order valence-corrected chi connectivity index (χ1v) is 13.0. The molecule has 0 aliphatic carbocycles. The second kappa shape index (κ2) is 10.5. The summed E-state index contributed by atoms with van der Waals surface area (Å²) in [5.41, 5.74) is 3.33. The maximum atomic E-state index is 12.6. The molecule has 0 saturated carbocycles. The van der Waals surface area contributed by atoms with Crippen molar-refractivity contribution in [1.29, 1.82) is 0 Å². The van der Waals surface area contributed by atoms with E-state index in [1.807, 2.05) is 37.3 Å². The fourth-order valence-electron chi connectivity index (χ4n) is 3.88. The average Bonchev–Trinajstić information content (AvgIpc) is 3.47. The Kier molecular flexibility index (Phi) is 7.50. The van der Waals surface area contributed by atoms with E-state index in [0.717, 1.165) is 29.7 Å². The van der Waals surface area contributed by atoms with Gasteiger partial charge in [-0.2, -0.15) is 9.40 Å². The van der Waals surface area contributed by atoms with Gasteiger partial charge in [0.1, 0.15) is 5.15 Å². The van der Waals surface area contributed by atoms with Gasteiger partial charge < -0.3 is 5.32 Å². The number of hydrogen-bond acceptors (Lipinski definition) is 4. The first-order valence-electron chi connectivity index (χ1n) is 11.2. The number of amides is 1. The molecular formula is C25H27ClN4O3S. The van der Waals surface area contributed by atoms with E-state index in [1.54, 1.807) is 35.0 Å². The summed E-state index contributed by atoms with van der Waals surface area (Å²) < 4.78 is 28.5. The predicted octanol–water partition coefficient (Wildman–Crippen LogP) is 4.01. The lowest BCUT2D eigenvalue weighted by molar-refractivity contribution is -0.116. The van der Waals surface area contributed by atoms with E-state index in [-0.39, 0.29) is 17.3 Å². The standard InChI is InChI=1S/C25H27ClN4O3S/c1-19-23(25(26)30(28-19)18-21-7-3-2-4-8-21)13-14-24(31)27-17-20-9-11-22(12-10-20)34(32,33)29-15-5-6-16-29/h2-4,7-14H,5-6,15-18H2,1H3,(H,27,31). The normalized spacial score (nSPS) is 14.6. The molecule has 3 aromatic rings. The predicted molar refractivity (Wildman–Crippen MR) is 133 cm³/mol. The zero-order valence-electron chi connectivity index (χ0n) is 18.9. The molecule has 1 saturated heterocycles. The maximum Gasteiger partial charge on any atom is 0.244 e. The van der Waals surface area contributed by atoms with Crippen molar-refractivity contribution in [1.82, 2.24) is 19.4 Å². The minimum Gasteiger partial charge on any atom is -0.348 e. The molecule has 1 aliphatic rings. The molecule has 0 atom stereocenters. The van der Waals surface area contributed by atoms with Crippen molar-refractivity contribution in [3.05, 3.63) is 88.2 Å². The molecule has 2 aromatic carbocycles. The minimum atomic E-state index is -3.44. The number of carbonyl (C=O) groups is 1. The van der Waals surface area contributed by atoms with Crippen molar-refractivity contribution in [2.75, 3.05) is 13.1 Å². The van der Waals surface area contributed by atoms with Crippen LogP contribution in [0.1, 0.15) is 35.2 Å². The molecule has 7 nitrogen and oxygen atoms in total. The van der Waals surface area contributed by atoms with Crippen LogP contribution in [0.25, 0.3) is 6.08 Å². The number of sulfonamides is 1. The quantitative estimate of drug-likeness (QED) is 0.476. The van der Waals surface area contributed by atoms with Crippen LogP contribution >= 0.6 is 11.6 Å². The number of halogens is 1. The minimum absolute atomic E-state index is 0.278. The Morgan fingerprint density at radius 2 is 1.74 bits per heavy atom. The first-order chi connectivity index (χ1) is 16.3. The average molecular weight is 499 g/mol. The Hall–Kier alpha value is -2.94. The highest BCUT2D eigenvalue weighted by molar-refractivity contribution is 7.89. The molecule has 1 amide bonds. The van der Waals surface area contributed by atoms with Crippen LogP contribution in [0, 0.1) is 6.92 Å². The van der Waals surface area contributed by atoms with E-state index in [1.165, 1.54) is 10.4 Å². The summed E-state index contributed by atoms with van der Waals surface area (Å²) in [6, 6.07) is 16.5. The number of hydrogen-bond donors (Lipinski definition) is 1. The Bertz CT molecular complexity index is 1280. The lowest BCUT2D eigenvalue weighted by atomic mass is 10.2. The highest BCUT2D eigenvalue weighted by Gasteiger charge is 2.26. The Labute approximate surface area is 205 Å². The second-order valence-electron chi connectivity index (χ2n) is 8.24. The third-order valence-corrected chi connectivity index (χ3v) is 8.09. The van der Waals surface area contributed by atoms with Gasteiger partial charge in [0.15, 0.2) is 0 Å². The van der Waals surface area contributed by atoms with E-state index in [0.29, 0.717) is 30.4 Å². The largest absolute Gasteiger partial charge is 0.348 e. The molecule has 1 aliphatic heterocycles. The number of nitrogens with zero attached hydrogens (tertiary/aromatic N) is 3. The molecule has 1 N–H and O–H groups in total. The fourth-order valence-corrected chi connectivity index (χ4v) is 5.70. The summed E-state index contributed by atoms with van der Waals surface area (Å²) in [6.45, 7) is 3.82. The molecular weight excluding hydrogens is 472 g/mol. The summed E-state index contributed by atoms with van der Waals surface area (Å²) in [5, 5.41) is 7.77. The van der Waals surface area contributed by atoms with Crippen LogP contribution in [0.15, 0.2) is 65.6 Å². The molecule has 4 rings (SSSR count). The highest BCUT2D eigenvalue weighted by atomic mass is 35.5. The van der Waals surface area contributed by atoms with Crippen LogP contribution in [-0.2, 0) is 27.9 Å². The van der Waals surface area contributed by atoms with Gasteiger partial charge in [-0.15, -0.1) is 0 Å². The monoisotopic (exact) mass is 498 g/mol. The summed E-state index contributed by atoms with van der Waals surface area (Å²) in [7, 11) is -3.44. The molecule has 178 valence electrons. The van der Waals surface area contributed by atoms with Crippen molar-refractivity contribution >= 4 is 33.6 Å². The summed E-state index contributed by atoms with van der Waals surface area (Å²) >= 11 is 6.50. The van der Waals surface area contributed by atoms with Crippen molar-refractivity contribution in [3.63, 3.8) is 0 Å². The van der Waals surface area contributed by atoms with Gasteiger partial charge >= 0.3 is 0 Å². The maximum absolute atomic E-state index is 12.6. The van der Waals surface area contributed by atoms with Crippen LogP contribution < -0.4 is 5.32 Å². The van der Waals surface area contributed by atoms with E-state index in [4.69, 9.17) is 11.6 Å². The Morgan fingerprint density at radius 1 is 1.06 bits per heavy atom. The molecule has 1 fully saturated rings. The third-order valence-electron chi connectivity index (χ3n) is 5.78. The molecule has 0 unspecified atom stereocenters. The molecule has 0 spiro atoms. The zero-order valence-corrected chi connectivity index (χ0v) is 20.5. The smallest absolute Gasteiger partial charge is 0.244 e. The summed E-state index contributed by atoms with van der Waals surface area (Å²) in [5.74, 6) is -0.278. The zero-order chi connectivity index (χ0) is 24.1. The molecule has 0 bridgehead atoms. The molecule has 0 radical (unpaired) electrons. The van der Waals surface area contributed by atoms with Crippen LogP contribution in [-0.4, -0.2) is 41.5 Å². The van der Waals surface area contributed by atoms with Crippen molar-refractivity contribution in [2.45, 2.75) is 37.8 Å². The van der Waals surface area contributed by atoms with Crippen LogP contribution in [0.5, 0.6) is 0 Å². The number of aromatic nitrogens is 2. The van der Waals surface area contributed by atoms with Crippen molar-refractivity contribution in [2.24, 2.45) is 0 Å². The lowest BCUT2D eigenvalue weighted by Crippen LogP contribution is -2.27. The highest BCUT2D eigenvalue weighted by Crippen LogP contribution is 2.23. The van der Waals surface area contributed by atoms with Crippen LogP contribution in [0.3, 0.4) is 0 Å². The van der Waals surface area contributed by atoms with E-state index in [2.05, 4.69) is 10.4 Å². The van der Waals surface area contributed by atoms with Gasteiger partial charge in [-0.1, -0.05) is 54.1 Å². The molecule has 1 aromatic heterocycles. The fraction of sp³-hybridized carbons (Fsp3) is 0.280. The molecule has 9 heteroatoms. The van der Waals surface area contributed by atoms with Crippen LogP contribution in [0.2, 0.25) is 5.15 Å². The van der Waals surface area contributed by atoms with E-state index in [9.17, 15) is 13.2 Å². The SMILES string of the molecule is Cc1nn(Cc2ccccc2)c(Cl)c1C=CC(=O)NCc1ccc(S(=O)(=O)N2CCCC2)cc1. The Morgan fingerprint density at radius 3 is 2.41 bits per heavy atom. The topological polar surface area (TPSA) is 84.3 Å². The number of benzene rings is 2. The third kappa shape index (κ3) is 5.58. The molecule has 34 heavy (non-hydrogen) atoms. The summed E-state index contributed by atoms with van der Waals surface area (Å²) in [4.78, 5) is 12.6. The number of carbonyl (C=O) groups excluding carboxylic acids is 1. The molecule has 2 heterocycles. The second-order valence-corrected chi connectivity index (χ2v) is 10.5. The van der Waals surface area contributed by atoms with Crippen LogP contribution in [0.4, 0.5) is 0 Å². The van der Waals surface area contributed by atoms with Crippen molar-refractivity contribution in [3.8, 4) is 0 Å². The first kappa shape index (κ1) is 24.2. The van der Waals surface area contributed by atoms with Gasteiger partial charge in [-0.25, -0.2) is 13.1 Å². The number of nitrogens with one attached hydrogen (secondary N) is 1. The van der Waals surface area contributed by atoms with Gasteiger partial charge in [0.2, 0.25) is 15.9 Å². The van der Waals surface area contributed by atoms with Gasteiger partial charge in [0.25, 0.3) is 0 Å². The van der Waals surface area contributed by atoms with Gasteiger partial charge in [-0.05, 0) is 49.1 Å². The van der Waals surface area contributed by atoms with Gasteiger partial charge in [-0.3, -0.25) is 4.79 Å². The lowest BCUT2D eigenvalue weighted by Gasteiger charge is -2.15. The number of aryl methyl sites for hydroxylation is 1. The van der Waals surface area contributed by atoms with Gasteiger partial charge in [0.05, 0.1) is 17.1 Å². The van der Waals surface area contributed by atoms with E-state index < -0.39 is 10.0 Å². The van der Waals surface area contributed by atoms with Crippen molar-refractivity contribution < 1.29 is 13.2 Å². The van der Waals surface area contributed by atoms with Gasteiger partial charge in [0, 0.05) is 31.3 Å². The summed E-state index contributed by atoms with van der Waals surface area (Å²) in [6.07, 6.45) is 4.88. The number of rotatable bonds is 8. The Balaban J connectivity index is 1.35. The van der Waals surface area contributed by atoms with E-state index >= 15 is 0 Å².